The molecule has 1 heterocycles. The highest BCUT2D eigenvalue weighted by Gasteiger charge is 2.08. The van der Waals surface area contributed by atoms with Gasteiger partial charge >= 0.3 is 6.61 Å². The number of hydrogen-bond donors (Lipinski definition) is 0. The molecule has 2 nitrogen and oxygen atoms in total. The quantitative estimate of drug-likeness (QED) is 0.842. The second kappa shape index (κ2) is 5.73. The van der Waals surface area contributed by atoms with Crippen LogP contribution in [0.15, 0.2) is 36.5 Å². The Labute approximate surface area is 108 Å². The lowest BCUT2D eigenvalue weighted by Gasteiger charge is -2.07. The lowest BCUT2D eigenvalue weighted by Crippen LogP contribution is -2.03. The van der Waals surface area contributed by atoms with Gasteiger partial charge in [-0.15, -0.1) is 0 Å². The molecule has 0 atom stereocenters. The summed E-state index contributed by atoms with van der Waals surface area (Å²) in [4.78, 5) is 4.14. The van der Waals surface area contributed by atoms with Crippen LogP contribution in [0.5, 0.6) is 5.75 Å². The van der Waals surface area contributed by atoms with Crippen molar-refractivity contribution in [2.45, 2.75) is 20.0 Å². The van der Waals surface area contributed by atoms with Crippen molar-refractivity contribution in [1.29, 1.82) is 0 Å². The molecule has 0 radical (unpaired) electrons. The van der Waals surface area contributed by atoms with Gasteiger partial charge in [-0.05, 0) is 42.3 Å². The molecule has 0 aliphatic rings. The number of halogens is 3. The second-order valence-corrected chi connectivity index (χ2v) is 4.17. The first-order valence-corrected chi connectivity index (χ1v) is 5.69. The standard InChI is InChI=1S/C14H12F3NO/c1-9-2-3-18-12(4-9)6-10-5-11(15)8-13(7-10)19-14(16)17/h2-5,7-8,14H,6H2,1H3. The Bertz CT molecular complexity index is 572. The number of alkyl halides is 2. The summed E-state index contributed by atoms with van der Waals surface area (Å²) in [5.74, 6) is -0.793. The third kappa shape index (κ3) is 3.98. The minimum atomic E-state index is -2.97. The molecule has 1 aromatic heterocycles. The van der Waals surface area contributed by atoms with Crippen molar-refractivity contribution in [3.8, 4) is 5.75 Å². The highest BCUT2D eigenvalue weighted by molar-refractivity contribution is 5.32. The van der Waals surface area contributed by atoms with E-state index in [1.165, 1.54) is 12.1 Å². The van der Waals surface area contributed by atoms with Crippen LogP contribution in [-0.4, -0.2) is 11.6 Å². The minimum absolute atomic E-state index is 0.183. The third-order valence-electron chi connectivity index (χ3n) is 2.51. The van der Waals surface area contributed by atoms with E-state index in [2.05, 4.69) is 9.72 Å². The first kappa shape index (κ1) is 13.4. The Kier molecular flexibility index (Phi) is 4.04. The average Bonchev–Trinajstić information content (AvgIpc) is 2.26. The summed E-state index contributed by atoms with van der Waals surface area (Å²) in [6, 6.07) is 7.31. The topological polar surface area (TPSA) is 22.1 Å². The molecule has 0 saturated carbocycles. The number of hydrogen-bond acceptors (Lipinski definition) is 2. The molecule has 19 heavy (non-hydrogen) atoms. The molecule has 1 aromatic carbocycles. The van der Waals surface area contributed by atoms with Gasteiger partial charge in [-0.25, -0.2) is 4.39 Å². The molecule has 0 bridgehead atoms. The highest BCUT2D eigenvalue weighted by Crippen LogP contribution is 2.20. The van der Waals surface area contributed by atoms with Crippen LogP contribution in [0, 0.1) is 12.7 Å². The van der Waals surface area contributed by atoms with E-state index < -0.39 is 12.4 Å². The van der Waals surface area contributed by atoms with Crippen molar-refractivity contribution in [2.24, 2.45) is 0 Å². The number of rotatable bonds is 4. The molecule has 2 rings (SSSR count). The molecule has 0 saturated heterocycles. The zero-order valence-electron chi connectivity index (χ0n) is 10.2. The van der Waals surface area contributed by atoms with Crippen LogP contribution < -0.4 is 4.74 Å². The summed E-state index contributed by atoms with van der Waals surface area (Å²) < 4.78 is 41.7. The van der Waals surface area contributed by atoms with Crippen LogP contribution in [0.25, 0.3) is 0 Å². The van der Waals surface area contributed by atoms with E-state index in [1.807, 2.05) is 19.1 Å². The summed E-state index contributed by atoms with van der Waals surface area (Å²) in [5, 5.41) is 0. The van der Waals surface area contributed by atoms with Crippen molar-refractivity contribution in [3.63, 3.8) is 0 Å². The summed E-state index contributed by atoms with van der Waals surface area (Å²) >= 11 is 0. The monoisotopic (exact) mass is 267 g/mol. The van der Waals surface area contributed by atoms with Gasteiger partial charge in [-0.2, -0.15) is 8.78 Å². The van der Waals surface area contributed by atoms with Crippen LogP contribution in [-0.2, 0) is 6.42 Å². The first-order chi connectivity index (χ1) is 9.02. The zero-order valence-corrected chi connectivity index (χ0v) is 10.2. The molecular weight excluding hydrogens is 255 g/mol. The molecule has 0 amide bonds. The Balaban J connectivity index is 2.22. The van der Waals surface area contributed by atoms with Gasteiger partial charge in [0.15, 0.2) is 0 Å². The largest absolute Gasteiger partial charge is 0.435 e. The summed E-state index contributed by atoms with van der Waals surface area (Å²) in [7, 11) is 0. The molecule has 0 aliphatic heterocycles. The predicted molar refractivity (Wildman–Crippen MR) is 64.8 cm³/mol. The maximum Gasteiger partial charge on any atom is 0.387 e. The average molecular weight is 267 g/mol. The molecule has 0 spiro atoms. The Hall–Kier alpha value is -2.04. The number of benzene rings is 1. The Morgan fingerprint density at radius 1 is 1.21 bits per heavy atom. The van der Waals surface area contributed by atoms with Gasteiger partial charge in [0.2, 0.25) is 0 Å². The van der Waals surface area contributed by atoms with Gasteiger partial charge in [0, 0.05) is 24.4 Å². The van der Waals surface area contributed by atoms with Crippen LogP contribution in [0.4, 0.5) is 13.2 Å². The van der Waals surface area contributed by atoms with E-state index >= 15 is 0 Å². The van der Waals surface area contributed by atoms with E-state index in [9.17, 15) is 13.2 Å². The lowest BCUT2D eigenvalue weighted by molar-refractivity contribution is -0.0500. The second-order valence-electron chi connectivity index (χ2n) is 4.17. The SMILES string of the molecule is Cc1ccnc(Cc2cc(F)cc(OC(F)F)c2)c1. The normalized spacial score (nSPS) is 10.8. The maximum atomic E-state index is 13.3. The van der Waals surface area contributed by atoms with Gasteiger partial charge in [0.1, 0.15) is 11.6 Å². The van der Waals surface area contributed by atoms with E-state index in [4.69, 9.17) is 0 Å². The van der Waals surface area contributed by atoms with Gasteiger partial charge in [0.05, 0.1) is 0 Å². The predicted octanol–water partition coefficient (Wildman–Crippen LogP) is 3.72. The fraction of sp³-hybridized carbons (Fsp3) is 0.214. The Morgan fingerprint density at radius 2 is 2.00 bits per heavy atom. The van der Waals surface area contributed by atoms with Crippen LogP contribution in [0.2, 0.25) is 0 Å². The van der Waals surface area contributed by atoms with Crippen molar-refractivity contribution < 1.29 is 17.9 Å². The van der Waals surface area contributed by atoms with Crippen LogP contribution in [0.3, 0.4) is 0 Å². The van der Waals surface area contributed by atoms with E-state index in [-0.39, 0.29) is 5.75 Å². The van der Waals surface area contributed by atoms with Crippen molar-refractivity contribution in [1.82, 2.24) is 4.98 Å². The summed E-state index contributed by atoms with van der Waals surface area (Å²) in [6.07, 6.45) is 2.01. The number of nitrogens with zero attached hydrogens (tertiary/aromatic N) is 1. The molecule has 100 valence electrons. The van der Waals surface area contributed by atoms with E-state index in [1.54, 1.807) is 6.20 Å². The first-order valence-electron chi connectivity index (χ1n) is 5.69. The molecule has 5 heteroatoms. The van der Waals surface area contributed by atoms with E-state index in [0.717, 1.165) is 17.3 Å². The van der Waals surface area contributed by atoms with Gasteiger partial charge in [0.25, 0.3) is 0 Å². The summed E-state index contributed by atoms with van der Waals surface area (Å²) in [5.41, 5.74) is 2.31. The van der Waals surface area contributed by atoms with Gasteiger partial charge in [-0.3, -0.25) is 4.98 Å². The van der Waals surface area contributed by atoms with Crippen molar-refractivity contribution in [3.05, 3.63) is 59.2 Å². The minimum Gasteiger partial charge on any atom is -0.435 e. The lowest BCUT2D eigenvalue weighted by atomic mass is 10.1. The molecule has 0 aliphatic carbocycles. The van der Waals surface area contributed by atoms with Crippen molar-refractivity contribution >= 4 is 0 Å². The number of aryl methyl sites for hydroxylation is 1. The molecular formula is C14H12F3NO. The Morgan fingerprint density at radius 3 is 2.68 bits per heavy atom. The van der Waals surface area contributed by atoms with Crippen molar-refractivity contribution in [2.75, 3.05) is 0 Å². The summed E-state index contributed by atoms with van der Waals surface area (Å²) in [6.45, 7) is -1.05. The molecule has 0 N–H and O–H groups in total. The van der Waals surface area contributed by atoms with E-state index in [0.29, 0.717) is 12.0 Å². The van der Waals surface area contributed by atoms with Crippen LogP contribution in [0.1, 0.15) is 16.8 Å². The smallest absolute Gasteiger partial charge is 0.387 e. The van der Waals surface area contributed by atoms with Gasteiger partial charge < -0.3 is 4.74 Å². The molecule has 0 fully saturated rings. The molecule has 2 aromatic rings. The third-order valence-corrected chi connectivity index (χ3v) is 2.51. The fourth-order valence-corrected chi connectivity index (χ4v) is 1.80. The molecule has 0 unspecified atom stereocenters. The highest BCUT2D eigenvalue weighted by atomic mass is 19.3. The number of aromatic nitrogens is 1. The van der Waals surface area contributed by atoms with Crippen LogP contribution >= 0.6 is 0 Å². The fourth-order valence-electron chi connectivity index (χ4n) is 1.80. The zero-order chi connectivity index (χ0) is 13.8. The van der Waals surface area contributed by atoms with Gasteiger partial charge in [-0.1, -0.05) is 0 Å². The number of pyridine rings is 1. The maximum absolute atomic E-state index is 13.3. The number of ether oxygens (including phenoxy) is 1.